The molecule has 0 saturated carbocycles. The number of ether oxygens (including phenoxy) is 4. The highest BCUT2D eigenvalue weighted by Gasteiger charge is 2.28. The lowest BCUT2D eigenvalue weighted by Gasteiger charge is -2.25. The Morgan fingerprint density at radius 2 is 0.595 bits per heavy atom. The summed E-state index contributed by atoms with van der Waals surface area (Å²) in [7, 11) is 3.79. The number of hydrogen-bond donors (Lipinski definition) is 0. The monoisotopic (exact) mass is 1110 g/mol. The summed E-state index contributed by atoms with van der Waals surface area (Å²) < 4.78 is 27.7. The molecular formula is C76H70N2O6. The average molecular weight is 1110 g/mol. The summed E-state index contributed by atoms with van der Waals surface area (Å²) in [6.07, 6.45) is 4.91. The van der Waals surface area contributed by atoms with E-state index < -0.39 is 0 Å². The summed E-state index contributed by atoms with van der Waals surface area (Å²) in [5.41, 5.74) is 10.3. The van der Waals surface area contributed by atoms with Crippen LogP contribution in [0.25, 0.3) is 64.6 Å². The molecule has 0 radical (unpaired) electrons. The molecule has 84 heavy (non-hydrogen) atoms. The third-order valence-electron chi connectivity index (χ3n) is 17.0. The maximum Gasteiger partial charge on any atom is 0.258 e. The third kappa shape index (κ3) is 9.71. The molecule has 0 fully saturated rings. The summed E-state index contributed by atoms with van der Waals surface area (Å²) in [6, 6.07) is 59.6. The molecule has 12 aromatic carbocycles. The lowest BCUT2D eigenvalue weighted by molar-refractivity contribution is 0.0985. The van der Waals surface area contributed by atoms with Gasteiger partial charge in [0.15, 0.2) is 0 Å². The first-order chi connectivity index (χ1) is 41.1. The van der Waals surface area contributed by atoms with Crippen LogP contribution in [0, 0.1) is 0 Å². The van der Waals surface area contributed by atoms with E-state index in [9.17, 15) is 0 Å². The molecule has 12 aromatic rings. The third-order valence-corrected chi connectivity index (χ3v) is 17.0. The number of carbonyl (C=O) groups is 2. The van der Waals surface area contributed by atoms with E-state index in [1.165, 1.54) is 32.3 Å². The Hall–Kier alpha value is -9.14. The molecule has 8 nitrogen and oxygen atoms in total. The molecule has 8 bridgehead atoms. The van der Waals surface area contributed by atoms with Crippen LogP contribution >= 0.6 is 0 Å². The van der Waals surface area contributed by atoms with Gasteiger partial charge >= 0.3 is 0 Å². The van der Waals surface area contributed by atoms with Crippen molar-refractivity contribution in [1.29, 1.82) is 0 Å². The van der Waals surface area contributed by atoms with Crippen molar-refractivity contribution in [3.05, 3.63) is 225 Å². The Morgan fingerprint density at radius 3 is 0.905 bits per heavy atom. The lowest BCUT2D eigenvalue weighted by atomic mass is 9.89. The standard InChI is InChI=1S/C76H70N2O6/c1-7-35-81-71-53-19-13-20-54(71)40-58-44-62(76(80)78(6)66-34-30-52-26-24-48-16-12-18-50-28-32-64(66)70(52)68(48)50)46-60(74(58)84-38-10-4)42-56-22-14-21-55(72(56)82-36-8-2)41-59-45-61(43-57(39-53)73(59)83-37-9-3)75(79)77(5)65-33-29-51-25-23-47-15-11-17-49-27-31-63(65)69(51)67(47)49/h11-34,43-46H,7-10,35-42H2,1-6H3. The van der Waals surface area contributed by atoms with E-state index in [1.54, 1.807) is 0 Å². The quantitative estimate of drug-likeness (QED) is 0.0897. The minimum absolute atomic E-state index is 0.121. The van der Waals surface area contributed by atoms with Crippen molar-refractivity contribution in [1.82, 2.24) is 0 Å². The molecule has 0 heterocycles. The van der Waals surface area contributed by atoms with Crippen molar-refractivity contribution in [2.45, 2.75) is 79.1 Å². The van der Waals surface area contributed by atoms with Gasteiger partial charge in [-0.15, -0.1) is 0 Å². The fraction of sp³-hybridized carbons (Fsp3) is 0.237. The van der Waals surface area contributed by atoms with Crippen LogP contribution in [0.1, 0.15) is 119 Å². The molecule has 8 heteroatoms. The van der Waals surface area contributed by atoms with Crippen molar-refractivity contribution in [2.75, 3.05) is 50.3 Å². The number of amides is 2. The van der Waals surface area contributed by atoms with E-state index in [1.807, 2.05) is 48.2 Å². The average Bonchev–Trinajstić information content (AvgIpc) is 3.71. The first-order valence-corrected chi connectivity index (χ1v) is 30.1. The minimum atomic E-state index is -0.121. The number of hydrogen-bond acceptors (Lipinski definition) is 6. The lowest BCUT2D eigenvalue weighted by Crippen LogP contribution is -2.27. The van der Waals surface area contributed by atoms with Gasteiger partial charge in [0.25, 0.3) is 11.8 Å². The topological polar surface area (TPSA) is 77.5 Å². The first-order valence-electron chi connectivity index (χ1n) is 30.1. The maximum atomic E-state index is 15.5. The van der Waals surface area contributed by atoms with Gasteiger partial charge in [-0.05, 0) is 160 Å². The van der Waals surface area contributed by atoms with Crippen molar-refractivity contribution in [3.8, 4) is 23.0 Å². The van der Waals surface area contributed by atoms with Crippen LogP contribution in [0.3, 0.4) is 0 Å². The molecule has 0 N–H and O–H groups in total. The largest absolute Gasteiger partial charge is 0.493 e. The van der Waals surface area contributed by atoms with Gasteiger partial charge in [-0.3, -0.25) is 9.59 Å². The summed E-state index contributed by atoms with van der Waals surface area (Å²) in [6.45, 7) is 10.5. The van der Waals surface area contributed by atoms with Crippen LogP contribution in [-0.4, -0.2) is 52.3 Å². The Morgan fingerprint density at radius 1 is 0.333 bits per heavy atom. The van der Waals surface area contributed by atoms with Gasteiger partial charge in [0, 0.05) is 61.7 Å². The summed E-state index contributed by atoms with van der Waals surface area (Å²) >= 11 is 0. The van der Waals surface area contributed by atoms with Crippen LogP contribution in [-0.2, 0) is 25.7 Å². The van der Waals surface area contributed by atoms with Crippen molar-refractivity contribution in [2.24, 2.45) is 0 Å². The van der Waals surface area contributed by atoms with Gasteiger partial charge in [0.2, 0.25) is 0 Å². The van der Waals surface area contributed by atoms with Crippen molar-refractivity contribution < 1.29 is 28.5 Å². The highest BCUT2D eigenvalue weighted by Crippen LogP contribution is 2.44. The fourth-order valence-corrected chi connectivity index (χ4v) is 13.1. The highest BCUT2D eigenvalue weighted by atomic mass is 16.5. The molecule has 0 atom stereocenters. The second kappa shape index (κ2) is 22.9. The van der Waals surface area contributed by atoms with E-state index >= 15 is 9.59 Å². The normalized spacial score (nSPS) is 12.5. The molecule has 2 amide bonds. The molecule has 0 aromatic heterocycles. The van der Waals surface area contributed by atoms with Gasteiger partial charge in [0.05, 0.1) is 37.8 Å². The maximum absolute atomic E-state index is 15.5. The molecule has 1 aliphatic carbocycles. The zero-order valence-corrected chi connectivity index (χ0v) is 49.0. The van der Waals surface area contributed by atoms with Crippen LogP contribution in [0.15, 0.2) is 170 Å². The molecule has 0 spiro atoms. The molecule has 13 rings (SSSR count). The fourth-order valence-electron chi connectivity index (χ4n) is 13.1. The number of para-hydroxylation sites is 2. The van der Waals surface area contributed by atoms with E-state index in [-0.39, 0.29) is 11.8 Å². The Balaban J connectivity index is 0.977. The molecule has 0 aliphatic heterocycles. The molecular weight excluding hydrogens is 1040 g/mol. The van der Waals surface area contributed by atoms with Crippen molar-refractivity contribution >= 4 is 87.8 Å². The first kappa shape index (κ1) is 54.1. The summed E-state index contributed by atoms with van der Waals surface area (Å²) in [5, 5.41) is 13.8. The molecule has 0 saturated heterocycles. The highest BCUT2D eigenvalue weighted by molar-refractivity contribution is 6.28. The predicted molar refractivity (Wildman–Crippen MR) is 346 cm³/mol. The molecule has 420 valence electrons. The number of nitrogens with zero attached hydrogens (tertiary/aromatic N) is 2. The zero-order chi connectivity index (χ0) is 57.6. The van der Waals surface area contributed by atoms with Gasteiger partial charge in [-0.2, -0.15) is 0 Å². The smallest absolute Gasteiger partial charge is 0.258 e. The van der Waals surface area contributed by atoms with E-state index in [2.05, 4.69) is 173 Å². The second-order valence-electron chi connectivity index (χ2n) is 22.8. The van der Waals surface area contributed by atoms with E-state index in [0.717, 1.165) is 137 Å². The predicted octanol–water partition coefficient (Wildman–Crippen LogP) is 17.9. The number of carbonyl (C=O) groups excluding carboxylic acids is 2. The Labute approximate surface area is 491 Å². The summed E-state index contributed by atoms with van der Waals surface area (Å²) in [5.74, 6) is 2.85. The van der Waals surface area contributed by atoms with Crippen LogP contribution in [0.5, 0.6) is 23.0 Å². The zero-order valence-electron chi connectivity index (χ0n) is 49.0. The van der Waals surface area contributed by atoms with Crippen LogP contribution < -0.4 is 28.7 Å². The second-order valence-corrected chi connectivity index (χ2v) is 22.8. The number of fused-ring (bicyclic) bond motifs is 8. The number of benzene rings is 12. The van der Waals surface area contributed by atoms with Crippen LogP contribution in [0.2, 0.25) is 0 Å². The van der Waals surface area contributed by atoms with Crippen molar-refractivity contribution in [3.63, 3.8) is 0 Å². The van der Waals surface area contributed by atoms with Gasteiger partial charge < -0.3 is 28.7 Å². The van der Waals surface area contributed by atoms with Crippen LogP contribution in [0.4, 0.5) is 11.4 Å². The number of anilines is 2. The Kier molecular flexibility index (Phi) is 14.8. The molecule has 0 unspecified atom stereocenters. The SMILES string of the molecule is CCCOc1c2cccc1Cc1cc(C(=O)N(C)c3ccc4ccc5cccc6ccc3c4c56)cc(c1OCCC)Cc1cccc(c1OCCC)Cc1cc(C(=O)N(C)c3ccc4ccc5cccc6ccc3c4c56)cc(c1OCCC)C2. The summed E-state index contributed by atoms with van der Waals surface area (Å²) in [4.78, 5) is 34.7. The number of rotatable bonds is 16. The van der Waals surface area contributed by atoms with Gasteiger partial charge in [-0.25, -0.2) is 0 Å². The minimum Gasteiger partial charge on any atom is -0.493 e. The van der Waals surface area contributed by atoms with E-state index in [0.29, 0.717) is 63.2 Å². The Bertz CT molecular complexity index is 4080. The van der Waals surface area contributed by atoms with Gasteiger partial charge in [0.1, 0.15) is 23.0 Å². The van der Waals surface area contributed by atoms with Gasteiger partial charge in [-0.1, -0.05) is 161 Å². The molecule has 1 aliphatic rings. The van der Waals surface area contributed by atoms with E-state index in [4.69, 9.17) is 18.9 Å².